The average Bonchev–Trinajstić information content (AvgIpc) is 2.66. The van der Waals surface area contributed by atoms with Crippen LogP contribution in [0, 0.1) is 25.7 Å². The van der Waals surface area contributed by atoms with Gasteiger partial charge < -0.3 is 5.32 Å². The summed E-state index contributed by atoms with van der Waals surface area (Å²) in [7, 11) is 0. The molecule has 0 aliphatic heterocycles. The van der Waals surface area contributed by atoms with E-state index in [1.807, 2.05) is 11.3 Å². The molecule has 1 aromatic rings. The van der Waals surface area contributed by atoms with E-state index in [1.54, 1.807) is 0 Å². The van der Waals surface area contributed by atoms with E-state index in [0.29, 0.717) is 6.04 Å². The van der Waals surface area contributed by atoms with E-state index >= 15 is 0 Å². The van der Waals surface area contributed by atoms with Gasteiger partial charge in [0.1, 0.15) is 0 Å². The fourth-order valence-corrected chi connectivity index (χ4v) is 4.05. The first kappa shape index (κ1) is 14.0. The van der Waals surface area contributed by atoms with Crippen molar-refractivity contribution in [3.05, 3.63) is 15.6 Å². The van der Waals surface area contributed by atoms with E-state index < -0.39 is 0 Å². The Labute approximate surface area is 115 Å². The van der Waals surface area contributed by atoms with Gasteiger partial charge in [0.15, 0.2) is 0 Å². The largest absolute Gasteiger partial charge is 0.309 e. The Bertz CT molecular complexity index is 386. The molecule has 18 heavy (non-hydrogen) atoms. The summed E-state index contributed by atoms with van der Waals surface area (Å²) in [6.45, 7) is 10.1. The molecule has 2 nitrogen and oxygen atoms in total. The number of nitrogens with one attached hydrogen (secondary N) is 1. The fourth-order valence-electron chi connectivity index (χ4n) is 3.13. The Balaban J connectivity index is 1.84. The quantitative estimate of drug-likeness (QED) is 0.882. The van der Waals surface area contributed by atoms with Crippen LogP contribution in [0.1, 0.15) is 61.2 Å². The summed E-state index contributed by atoms with van der Waals surface area (Å²) in [5.74, 6) is 1.79. The maximum atomic E-state index is 4.64. The summed E-state index contributed by atoms with van der Waals surface area (Å²) >= 11 is 1.81. The summed E-state index contributed by atoms with van der Waals surface area (Å²) in [5.41, 5.74) is 1.25. The standard InChI is InChI=1S/C15H26N2S/c1-10-6-5-7-14(8-10)9-16-11(2)15-12(3)18-13(4)17-15/h10-11,14,16H,5-9H2,1-4H3. The molecule has 1 saturated carbocycles. The maximum Gasteiger partial charge on any atom is 0.0900 e. The first-order valence-electron chi connectivity index (χ1n) is 7.23. The van der Waals surface area contributed by atoms with Crippen molar-refractivity contribution < 1.29 is 0 Å². The molecular formula is C15H26N2S. The minimum Gasteiger partial charge on any atom is -0.309 e. The molecule has 0 spiro atoms. The zero-order chi connectivity index (χ0) is 13.1. The molecule has 3 unspecified atom stereocenters. The van der Waals surface area contributed by atoms with Crippen molar-refractivity contribution in [2.45, 2.75) is 59.4 Å². The maximum absolute atomic E-state index is 4.64. The van der Waals surface area contributed by atoms with Crippen LogP contribution in [-0.4, -0.2) is 11.5 Å². The third kappa shape index (κ3) is 3.55. The molecule has 2 rings (SSSR count). The first-order valence-corrected chi connectivity index (χ1v) is 8.05. The number of hydrogen-bond donors (Lipinski definition) is 1. The van der Waals surface area contributed by atoms with Crippen LogP contribution in [0.25, 0.3) is 0 Å². The van der Waals surface area contributed by atoms with Crippen LogP contribution >= 0.6 is 11.3 Å². The monoisotopic (exact) mass is 266 g/mol. The number of aryl methyl sites for hydroxylation is 2. The lowest BCUT2D eigenvalue weighted by atomic mass is 9.82. The van der Waals surface area contributed by atoms with E-state index in [1.165, 1.54) is 41.3 Å². The van der Waals surface area contributed by atoms with Gasteiger partial charge in [-0.15, -0.1) is 11.3 Å². The minimum atomic E-state index is 0.396. The van der Waals surface area contributed by atoms with Crippen LogP contribution < -0.4 is 5.32 Å². The van der Waals surface area contributed by atoms with Gasteiger partial charge in [-0.2, -0.15) is 0 Å². The Kier molecular flexibility index (Phi) is 4.79. The highest BCUT2D eigenvalue weighted by molar-refractivity contribution is 7.11. The summed E-state index contributed by atoms with van der Waals surface area (Å²) in [4.78, 5) is 6.01. The summed E-state index contributed by atoms with van der Waals surface area (Å²) in [6.07, 6.45) is 5.64. The molecule has 1 heterocycles. The van der Waals surface area contributed by atoms with Gasteiger partial charge >= 0.3 is 0 Å². The number of hydrogen-bond acceptors (Lipinski definition) is 3. The number of aromatic nitrogens is 1. The van der Waals surface area contributed by atoms with Gasteiger partial charge in [0, 0.05) is 10.9 Å². The highest BCUT2D eigenvalue weighted by Gasteiger charge is 2.20. The lowest BCUT2D eigenvalue weighted by Crippen LogP contribution is -2.29. The Morgan fingerprint density at radius 3 is 2.78 bits per heavy atom. The van der Waals surface area contributed by atoms with Gasteiger partial charge in [-0.1, -0.05) is 19.8 Å². The normalized spacial score (nSPS) is 26.2. The SMILES string of the molecule is Cc1nc(C(C)NCC2CCCC(C)C2)c(C)s1. The molecule has 0 radical (unpaired) electrons. The second-order valence-corrected chi connectivity index (χ2v) is 7.35. The van der Waals surface area contributed by atoms with Crippen molar-refractivity contribution in [1.29, 1.82) is 0 Å². The van der Waals surface area contributed by atoms with Crippen molar-refractivity contribution in [1.82, 2.24) is 10.3 Å². The molecule has 102 valence electrons. The molecule has 1 aromatic heterocycles. The zero-order valence-electron chi connectivity index (χ0n) is 12.1. The molecule has 1 N–H and O–H groups in total. The van der Waals surface area contributed by atoms with Crippen molar-refractivity contribution in [2.24, 2.45) is 11.8 Å². The lowest BCUT2D eigenvalue weighted by Gasteiger charge is -2.28. The lowest BCUT2D eigenvalue weighted by molar-refractivity contribution is 0.268. The Hall–Kier alpha value is -0.410. The average molecular weight is 266 g/mol. The van der Waals surface area contributed by atoms with Crippen LogP contribution in [-0.2, 0) is 0 Å². The van der Waals surface area contributed by atoms with Crippen molar-refractivity contribution >= 4 is 11.3 Å². The third-order valence-corrected chi connectivity index (χ3v) is 5.01. The topological polar surface area (TPSA) is 24.9 Å². The minimum absolute atomic E-state index is 0.396. The third-order valence-electron chi connectivity index (χ3n) is 4.11. The highest BCUT2D eigenvalue weighted by Crippen LogP contribution is 2.29. The molecular weight excluding hydrogens is 240 g/mol. The highest BCUT2D eigenvalue weighted by atomic mass is 32.1. The van der Waals surface area contributed by atoms with E-state index in [4.69, 9.17) is 0 Å². The van der Waals surface area contributed by atoms with Crippen LogP contribution in [0.4, 0.5) is 0 Å². The zero-order valence-corrected chi connectivity index (χ0v) is 12.9. The van der Waals surface area contributed by atoms with Crippen LogP contribution in [0.3, 0.4) is 0 Å². The van der Waals surface area contributed by atoms with Gasteiger partial charge in [-0.3, -0.25) is 0 Å². The number of thiazole rings is 1. The van der Waals surface area contributed by atoms with Crippen molar-refractivity contribution in [2.75, 3.05) is 6.54 Å². The molecule has 0 bridgehead atoms. The molecule has 0 amide bonds. The molecule has 0 saturated heterocycles. The second-order valence-electron chi connectivity index (χ2n) is 5.94. The van der Waals surface area contributed by atoms with Crippen LogP contribution in [0.15, 0.2) is 0 Å². The molecule has 0 aromatic carbocycles. The van der Waals surface area contributed by atoms with Gasteiger partial charge in [-0.05, 0) is 52.0 Å². The number of nitrogens with zero attached hydrogens (tertiary/aromatic N) is 1. The molecule has 1 fully saturated rings. The molecule has 1 aliphatic carbocycles. The summed E-state index contributed by atoms with van der Waals surface area (Å²) in [5, 5.41) is 4.87. The van der Waals surface area contributed by atoms with Crippen LogP contribution in [0.5, 0.6) is 0 Å². The van der Waals surface area contributed by atoms with Gasteiger partial charge in [0.05, 0.1) is 10.7 Å². The van der Waals surface area contributed by atoms with Gasteiger partial charge in [-0.25, -0.2) is 4.98 Å². The number of rotatable bonds is 4. The Morgan fingerprint density at radius 2 is 2.17 bits per heavy atom. The van der Waals surface area contributed by atoms with Crippen molar-refractivity contribution in [3.8, 4) is 0 Å². The van der Waals surface area contributed by atoms with Crippen molar-refractivity contribution in [3.63, 3.8) is 0 Å². The van der Waals surface area contributed by atoms with E-state index in [9.17, 15) is 0 Å². The Morgan fingerprint density at radius 1 is 1.39 bits per heavy atom. The predicted octanol–water partition coefficient (Wildman–Crippen LogP) is 4.24. The molecule has 1 aliphatic rings. The van der Waals surface area contributed by atoms with E-state index in [2.05, 4.69) is 38.0 Å². The predicted molar refractivity (Wildman–Crippen MR) is 79.1 cm³/mol. The van der Waals surface area contributed by atoms with E-state index in [-0.39, 0.29) is 0 Å². The van der Waals surface area contributed by atoms with Gasteiger partial charge in [0.25, 0.3) is 0 Å². The second kappa shape index (κ2) is 6.16. The van der Waals surface area contributed by atoms with E-state index in [0.717, 1.165) is 18.4 Å². The van der Waals surface area contributed by atoms with Crippen LogP contribution in [0.2, 0.25) is 0 Å². The molecule has 3 heteroatoms. The first-order chi connectivity index (χ1) is 8.56. The smallest absolute Gasteiger partial charge is 0.0900 e. The summed E-state index contributed by atoms with van der Waals surface area (Å²) < 4.78 is 0. The van der Waals surface area contributed by atoms with Gasteiger partial charge in [0.2, 0.25) is 0 Å². The summed E-state index contributed by atoms with van der Waals surface area (Å²) in [6, 6.07) is 0.396. The molecule has 3 atom stereocenters. The fraction of sp³-hybridized carbons (Fsp3) is 0.800.